The Kier molecular flexibility index (Phi) is 8.31. The predicted octanol–water partition coefficient (Wildman–Crippen LogP) is 4.38. The van der Waals surface area contributed by atoms with Crippen molar-refractivity contribution in [3.8, 4) is 17.0 Å². The van der Waals surface area contributed by atoms with E-state index in [9.17, 15) is 22.0 Å². The molecule has 0 saturated carbocycles. The van der Waals surface area contributed by atoms with Gasteiger partial charge in [-0.25, -0.2) is 8.42 Å². The van der Waals surface area contributed by atoms with E-state index in [1.54, 1.807) is 25.1 Å². The molecule has 0 spiro atoms. The van der Waals surface area contributed by atoms with E-state index >= 15 is 0 Å². The van der Waals surface area contributed by atoms with Crippen molar-refractivity contribution in [1.29, 1.82) is 0 Å². The van der Waals surface area contributed by atoms with E-state index in [4.69, 9.17) is 9.84 Å². The van der Waals surface area contributed by atoms with E-state index in [0.29, 0.717) is 48.2 Å². The monoisotopic (exact) mass is 550 g/mol. The zero-order valence-corrected chi connectivity index (χ0v) is 22.4. The molecule has 1 N–H and O–H groups in total. The van der Waals surface area contributed by atoms with Crippen LogP contribution in [0.5, 0.6) is 5.75 Å². The molecular formula is C26H32F2N4O5S. The molecule has 1 atom stereocenters. The lowest BCUT2D eigenvalue weighted by molar-refractivity contribution is -0.0701. The summed E-state index contributed by atoms with van der Waals surface area (Å²) in [6.45, 7) is 3.36. The first kappa shape index (κ1) is 27.9. The molecule has 9 nitrogen and oxygen atoms in total. The van der Waals surface area contributed by atoms with Crippen LogP contribution in [0.25, 0.3) is 22.3 Å². The number of amides is 1. The van der Waals surface area contributed by atoms with Crippen LogP contribution in [0.1, 0.15) is 56.4 Å². The van der Waals surface area contributed by atoms with Crippen LogP contribution < -0.4 is 10.1 Å². The maximum atomic E-state index is 12.9. The predicted molar refractivity (Wildman–Crippen MR) is 139 cm³/mol. The molecule has 206 valence electrons. The number of alkyl halides is 2. The second kappa shape index (κ2) is 11.3. The van der Waals surface area contributed by atoms with Crippen molar-refractivity contribution >= 4 is 26.8 Å². The number of rotatable bonds is 10. The van der Waals surface area contributed by atoms with Gasteiger partial charge >= 0.3 is 6.61 Å². The number of ether oxygens (including phenoxy) is 2. The minimum Gasteiger partial charge on any atom is -0.435 e. The van der Waals surface area contributed by atoms with Crippen molar-refractivity contribution < 1.29 is 31.5 Å². The maximum Gasteiger partial charge on any atom is 0.387 e. The zero-order chi connectivity index (χ0) is 27.5. The van der Waals surface area contributed by atoms with Gasteiger partial charge in [0.25, 0.3) is 5.91 Å². The van der Waals surface area contributed by atoms with Crippen molar-refractivity contribution in [1.82, 2.24) is 20.1 Å². The van der Waals surface area contributed by atoms with Gasteiger partial charge in [-0.05, 0) is 51.3 Å². The van der Waals surface area contributed by atoms with E-state index in [1.807, 2.05) is 18.5 Å². The zero-order valence-electron chi connectivity index (χ0n) is 21.6. The van der Waals surface area contributed by atoms with Gasteiger partial charge in [0.15, 0.2) is 9.84 Å². The summed E-state index contributed by atoms with van der Waals surface area (Å²) in [4.78, 5) is 17.4. The molecule has 1 amide bonds. The molecule has 1 aromatic carbocycles. The Morgan fingerprint density at radius 3 is 2.79 bits per heavy atom. The lowest BCUT2D eigenvalue weighted by atomic mass is 9.94. The molecule has 1 saturated heterocycles. The first-order valence-corrected chi connectivity index (χ1v) is 14.4. The van der Waals surface area contributed by atoms with E-state index in [1.165, 1.54) is 18.3 Å². The average Bonchev–Trinajstić information content (AvgIpc) is 3.22. The van der Waals surface area contributed by atoms with Gasteiger partial charge in [-0.1, -0.05) is 19.1 Å². The van der Waals surface area contributed by atoms with Crippen LogP contribution in [-0.4, -0.2) is 66.0 Å². The Balaban J connectivity index is 1.70. The number of hydrogen-bond donors (Lipinski definition) is 1. The molecule has 0 radical (unpaired) electrons. The molecule has 1 unspecified atom stereocenters. The third-order valence-corrected chi connectivity index (χ3v) is 8.23. The highest BCUT2D eigenvalue weighted by Gasteiger charge is 2.32. The molecule has 4 rings (SSSR count). The first-order chi connectivity index (χ1) is 18.0. The number of nitrogens with one attached hydrogen (secondary N) is 1. The number of fused-ring (bicyclic) bond motifs is 1. The van der Waals surface area contributed by atoms with Crippen LogP contribution in [0.2, 0.25) is 0 Å². The quantitative estimate of drug-likeness (QED) is 0.399. The molecule has 38 heavy (non-hydrogen) atoms. The van der Waals surface area contributed by atoms with E-state index in [0.717, 1.165) is 0 Å². The molecule has 0 aliphatic carbocycles. The highest BCUT2D eigenvalue weighted by molar-refractivity contribution is 7.91. The largest absolute Gasteiger partial charge is 0.435 e. The van der Waals surface area contributed by atoms with Crippen molar-refractivity contribution in [2.24, 2.45) is 0 Å². The number of pyridine rings is 1. The van der Waals surface area contributed by atoms with Crippen molar-refractivity contribution in [2.75, 3.05) is 24.7 Å². The molecule has 3 heterocycles. The topological polar surface area (TPSA) is 112 Å². The third kappa shape index (κ3) is 6.65. The molecule has 12 heteroatoms. The van der Waals surface area contributed by atoms with Crippen LogP contribution in [0.15, 0.2) is 36.5 Å². The third-order valence-electron chi connectivity index (χ3n) is 6.37. The number of nitrogens with zero attached hydrogens (tertiary/aromatic N) is 3. The highest BCUT2D eigenvalue weighted by Crippen LogP contribution is 2.37. The standard InChI is InChI=1S/C26H32F2N4O5S/c1-4-11-38(34,35)12-9-29-24(33)18-14-21-23(30-16-18)22(17-6-5-7-20(13-17)37-25(27)28)31-32(21)19-8-10-36-26(2,3)15-19/h5-7,13-14,16,19,25H,4,8-12,15H2,1-3H3,(H,29,33). The molecule has 0 bridgehead atoms. The molecule has 1 fully saturated rings. The highest BCUT2D eigenvalue weighted by atomic mass is 32.2. The van der Waals surface area contributed by atoms with Gasteiger partial charge in [-0.15, -0.1) is 0 Å². The second-order valence-electron chi connectivity index (χ2n) is 9.95. The summed E-state index contributed by atoms with van der Waals surface area (Å²) in [6, 6.07) is 7.88. The number of halogens is 2. The molecule has 2 aromatic heterocycles. The van der Waals surface area contributed by atoms with Gasteiger partial charge in [0, 0.05) is 30.7 Å². The summed E-state index contributed by atoms with van der Waals surface area (Å²) in [5.74, 6) is -0.511. The summed E-state index contributed by atoms with van der Waals surface area (Å²) in [5, 5.41) is 7.49. The SMILES string of the molecule is CCCS(=O)(=O)CCNC(=O)c1cnc2c(-c3cccc(OC(F)F)c3)nn(C3CCOC(C)(C)C3)c2c1. The van der Waals surface area contributed by atoms with Crippen LogP contribution in [-0.2, 0) is 14.6 Å². The van der Waals surface area contributed by atoms with Crippen molar-refractivity contribution in [2.45, 2.75) is 58.3 Å². The minimum atomic E-state index is -3.23. The minimum absolute atomic E-state index is 0.00132. The van der Waals surface area contributed by atoms with E-state index in [-0.39, 0.29) is 41.0 Å². The maximum absolute atomic E-state index is 12.9. The van der Waals surface area contributed by atoms with Crippen LogP contribution in [0.4, 0.5) is 8.78 Å². The fourth-order valence-electron chi connectivity index (χ4n) is 4.68. The Bertz CT molecular complexity index is 1410. The summed E-state index contributed by atoms with van der Waals surface area (Å²) >= 11 is 0. The molecular weight excluding hydrogens is 518 g/mol. The van der Waals surface area contributed by atoms with Crippen LogP contribution in [0.3, 0.4) is 0 Å². The van der Waals surface area contributed by atoms with Gasteiger partial charge in [-0.3, -0.25) is 14.5 Å². The first-order valence-electron chi connectivity index (χ1n) is 12.5. The lowest BCUT2D eigenvalue weighted by Gasteiger charge is -2.35. The van der Waals surface area contributed by atoms with Crippen LogP contribution >= 0.6 is 0 Å². The fourth-order valence-corrected chi connectivity index (χ4v) is 5.92. The summed E-state index contributed by atoms with van der Waals surface area (Å²) in [5.41, 5.74) is 2.02. The van der Waals surface area contributed by atoms with Gasteiger partial charge in [0.2, 0.25) is 0 Å². The fraction of sp³-hybridized carbons (Fsp3) is 0.500. The van der Waals surface area contributed by atoms with Crippen LogP contribution in [0, 0.1) is 0 Å². The van der Waals surface area contributed by atoms with Crippen molar-refractivity contribution in [3.63, 3.8) is 0 Å². The van der Waals surface area contributed by atoms with Gasteiger partial charge in [0.05, 0.1) is 28.5 Å². The van der Waals surface area contributed by atoms with E-state index in [2.05, 4.69) is 15.0 Å². The number of carbonyl (C=O) groups excluding carboxylic acids is 1. The van der Waals surface area contributed by atoms with Gasteiger partial charge < -0.3 is 14.8 Å². The number of sulfone groups is 1. The normalized spacial score (nSPS) is 17.6. The molecule has 3 aromatic rings. The molecule has 1 aliphatic rings. The average molecular weight is 551 g/mol. The summed E-state index contributed by atoms with van der Waals surface area (Å²) in [6.07, 6.45) is 3.29. The Morgan fingerprint density at radius 1 is 1.29 bits per heavy atom. The smallest absolute Gasteiger partial charge is 0.387 e. The number of carbonyl (C=O) groups is 1. The van der Waals surface area contributed by atoms with Gasteiger partial charge in [0.1, 0.15) is 17.0 Å². The molecule has 1 aliphatic heterocycles. The Hall–Kier alpha value is -3.12. The van der Waals surface area contributed by atoms with E-state index < -0.39 is 22.4 Å². The Morgan fingerprint density at radius 2 is 2.08 bits per heavy atom. The number of benzene rings is 1. The lowest BCUT2D eigenvalue weighted by Crippen LogP contribution is -2.35. The summed E-state index contributed by atoms with van der Waals surface area (Å²) in [7, 11) is -3.23. The van der Waals surface area contributed by atoms with Crippen molar-refractivity contribution in [3.05, 3.63) is 42.1 Å². The summed E-state index contributed by atoms with van der Waals surface area (Å²) < 4.78 is 61.8. The number of hydrogen-bond acceptors (Lipinski definition) is 7. The Labute approximate surface area is 220 Å². The van der Waals surface area contributed by atoms with Gasteiger partial charge in [-0.2, -0.15) is 13.9 Å². The number of aromatic nitrogens is 3. The second-order valence-corrected chi connectivity index (χ2v) is 12.3.